The van der Waals surface area contributed by atoms with Crippen molar-refractivity contribution in [2.24, 2.45) is 0 Å². The van der Waals surface area contributed by atoms with Crippen molar-refractivity contribution in [1.29, 1.82) is 0 Å². The Bertz CT molecular complexity index is 801. The molecule has 0 bridgehead atoms. The summed E-state index contributed by atoms with van der Waals surface area (Å²) >= 11 is 7.08. The maximum Gasteiger partial charge on any atom is 0.271 e. The van der Waals surface area contributed by atoms with E-state index in [4.69, 9.17) is 23.1 Å². The Hall–Kier alpha value is -2.79. The number of nitrogens with zero attached hydrogens (tertiary/aromatic N) is 3. The zero-order valence-electron chi connectivity index (χ0n) is 13.4. The first-order chi connectivity index (χ1) is 12.3. The molecule has 0 atom stereocenters. The van der Waals surface area contributed by atoms with Gasteiger partial charge in [-0.25, -0.2) is 9.97 Å². The summed E-state index contributed by atoms with van der Waals surface area (Å²) in [4.78, 5) is 29.9. The van der Waals surface area contributed by atoms with Gasteiger partial charge in [-0.15, -0.1) is 0 Å². The van der Waals surface area contributed by atoms with Crippen LogP contribution in [0.2, 0.25) is 5.02 Å². The Morgan fingerprint density at radius 2 is 1.92 bits per heavy atom. The normalized spacial score (nSPS) is 10.3. The number of nitrogens with one attached hydrogen (secondary N) is 2. The molecule has 0 aliphatic carbocycles. The van der Waals surface area contributed by atoms with E-state index in [9.17, 15) is 14.9 Å². The monoisotopic (exact) mass is 397 g/mol. The van der Waals surface area contributed by atoms with Gasteiger partial charge in [-0.2, -0.15) is 0 Å². The average molecular weight is 398 g/mol. The van der Waals surface area contributed by atoms with Crippen LogP contribution in [-0.4, -0.2) is 39.6 Å². The van der Waals surface area contributed by atoms with Crippen LogP contribution in [0.4, 0.5) is 23.0 Å². The molecule has 2 aromatic rings. The zero-order chi connectivity index (χ0) is 19.1. The SMILES string of the molecule is Nc1cc(N)nc(SCC(=O)NCCNc2ccc([N+](=O)[O-])cc2Cl)n1. The fraction of sp³-hybridized carbons (Fsp3) is 0.214. The van der Waals surface area contributed by atoms with Crippen LogP contribution in [-0.2, 0) is 4.79 Å². The van der Waals surface area contributed by atoms with E-state index >= 15 is 0 Å². The standard InChI is InChI=1S/C14H16ClN7O3S/c15-9-5-8(22(24)25)1-2-10(9)18-3-4-19-13(23)7-26-14-20-11(16)6-12(17)21-14/h1-2,5-6,18H,3-4,7H2,(H,19,23)(H4,16,17,20,21). The second kappa shape index (κ2) is 9.06. The highest BCUT2D eigenvalue weighted by molar-refractivity contribution is 7.99. The summed E-state index contributed by atoms with van der Waals surface area (Å²) in [5, 5.41) is 16.9. The van der Waals surface area contributed by atoms with Crippen molar-refractivity contribution in [3.8, 4) is 0 Å². The van der Waals surface area contributed by atoms with Gasteiger partial charge in [-0.1, -0.05) is 23.4 Å². The Balaban J connectivity index is 1.72. The number of benzene rings is 1. The fourth-order valence-electron chi connectivity index (χ4n) is 1.87. The van der Waals surface area contributed by atoms with Crippen molar-refractivity contribution in [3.63, 3.8) is 0 Å². The molecule has 12 heteroatoms. The maximum absolute atomic E-state index is 11.8. The van der Waals surface area contributed by atoms with E-state index < -0.39 is 4.92 Å². The summed E-state index contributed by atoms with van der Waals surface area (Å²) in [5.74, 6) is 0.381. The number of thioether (sulfide) groups is 1. The van der Waals surface area contributed by atoms with E-state index in [0.717, 1.165) is 11.8 Å². The molecular weight excluding hydrogens is 382 g/mol. The lowest BCUT2D eigenvalue weighted by molar-refractivity contribution is -0.384. The molecule has 0 unspecified atom stereocenters. The Kier molecular flexibility index (Phi) is 6.81. The highest BCUT2D eigenvalue weighted by atomic mass is 35.5. The zero-order valence-corrected chi connectivity index (χ0v) is 15.0. The molecule has 2 rings (SSSR count). The first-order valence-electron chi connectivity index (χ1n) is 7.32. The van der Waals surface area contributed by atoms with Gasteiger partial charge in [0.1, 0.15) is 11.6 Å². The highest BCUT2D eigenvalue weighted by Gasteiger charge is 2.09. The summed E-state index contributed by atoms with van der Waals surface area (Å²) in [6.45, 7) is 0.738. The quantitative estimate of drug-likeness (QED) is 0.170. The molecule has 0 radical (unpaired) electrons. The van der Waals surface area contributed by atoms with Crippen molar-refractivity contribution < 1.29 is 9.72 Å². The molecule has 0 saturated carbocycles. The minimum absolute atomic E-state index is 0.0877. The van der Waals surface area contributed by atoms with Crippen LogP contribution in [0, 0.1) is 10.1 Å². The number of aromatic nitrogens is 2. The first kappa shape index (κ1) is 19.5. The lowest BCUT2D eigenvalue weighted by Crippen LogP contribution is -2.30. The van der Waals surface area contributed by atoms with Gasteiger partial charge >= 0.3 is 0 Å². The van der Waals surface area contributed by atoms with E-state index in [1.807, 2.05) is 0 Å². The predicted octanol–water partition coefficient (Wildman–Crippen LogP) is 1.52. The van der Waals surface area contributed by atoms with Crippen molar-refractivity contribution in [1.82, 2.24) is 15.3 Å². The van der Waals surface area contributed by atoms with Crippen molar-refractivity contribution >= 4 is 52.3 Å². The first-order valence-corrected chi connectivity index (χ1v) is 8.69. The molecule has 6 N–H and O–H groups in total. The number of rotatable bonds is 8. The largest absolute Gasteiger partial charge is 0.383 e. The Morgan fingerprint density at radius 3 is 2.54 bits per heavy atom. The minimum Gasteiger partial charge on any atom is -0.383 e. The number of non-ortho nitro benzene ring substituents is 1. The molecule has 0 fully saturated rings. The summed E-state index contributed by atoms with van der Waals surface area (Å²) in [5.41, 5.74) is 11.6. The van der Waals surface area contributed by atoms with Gasteiger partial charge in [0.25, 0.3) is 5.69 Å². The molecular formula is C14H16ClN7O3S. The van der Waals surface area contributed by atoms with Crippen molar-refractivity contribution in [3.05, 3.63) is 39.4 Å². The number of anilines is 3. The molecule has 26 heavy (non-hydrogen) atoms. The van der Waals surface area contributed by atoms with Crippen molar-refractivity contribution in [2.75, 3.05) is 35.6 Å². The summed E-state index contributed by atoms with van der Waals surface area (Å²) in [7, 11) is 0. The van der Waals surface area contributed by atoms with Gasteiger partial charge in [0.2, 0.25) is 5.91 Å². The topological polar surface area (TPSA) is 162 Å². The Morgan fingerprint density at radius 1 is 1.23 bits per heavy atom. The van der Waals surface area contributed by atoms with E-state index in [-0.39, 0.29) is 34.0 Å². The lowest BCUT2D eigenvalue weighted by atomic mass is 10.3. The number of nitro groups is 1. The molecule has 1 heterocycles. The van der Waals surface area contributed by atoms with Gasteiger partial charge in [-0.05, 0) is 6.07 Å². The van der Waals surface area contributed by atoms with Gasteiger partial charge in [0, 0.05) is 31.3 Å². The number of carbonyl (C=O) groups excluding carboxylic acids is 1. The van der Waals surface area contributed by atoms with Crippen LogP contribution in [0.1, 0.15) is 0 Å². The summed E-state index contributed by atoms with van der Waals surface area (Å²) in [6, 6.07) is 5.55. The molecule has 0 saturated heterocycles. The highest BCUT2D eigenvalue weighted by Crippen LogP contribution is 2.26. The van der Waals surface area contributed by atoms with E-state index in [1.165, 1.54) is 24.3 Å². The smallest absolute Gasteiger partial charge is 0.271 e. The van der Waals surface area contributed by atoms with E-state index in [0.29, 0.717) is 23.9 Å². The van der Waals surface area contributed by atoms with E-state index in [1.54, 1.807) is 0 Å². The van der Waals surface area contributed by atoms with Crippen LogP contribution in [0.5, 0.6) is 0 Å². The average Bonchev–Trinajstić information content (AvgIpc) is 2.57. The number of nitro benzene ring substituents is 1. The third-order valence-electron chi connectivity index (χ3n) is 3.00. The number of hydrogen-bond donors (Lipinski definition) is 4. The fourth-order valence-corrected chi connectivity index (χ4v) is 2.81. The van der Waals surface area contributed by atoms with Crippen LogP contribution < -0.4 is 22.1 Å². The van der Waals surface area contributed by atoms with Crippen LogP contribution in [0.15, 0.2) is 29.4 Å². The third-order valence-corrected chi connectivity index (χ3v) is 4.16. The number of nitrogens with two attached hydrogens (primary N) is 2. The molecule has 1 aromatic carbocycles. The van der Waals surface area contributed by atoms with Gasteiger partial charge in [0.15, 0.2) is 5.16 Å². The minimum atomic E-state index is -0.523. The summed E-state index contributed by atoms with van der Waals surface area (Å²) < 4.78 is 0. The number of hydrogen-bond acceptors (Lipinski definition) is 9. The van der Waals surface area contributed by atoms with Crippen LogP contribution in [0.25, 0.3) is 0 Å². The van der Waals surface area contributed by atoms with E-state index in [2.05, 4.69) is 20.6 Å². The lowest BCUT2D eigenvalue weighted by Gasteiger charge is -2.09. The number of nitrogen functional groups attached to an aromatic ring is 2. The maximum atomic E-state index is 11.8. The molecule has 0 spiro atoms. The summed E-state index contributed by atoms with van der Waals surface area (Å²) in [6.07, 6.45) is 0. The molecule has 138 valence electrons. The molecule has 1 aromatic heterocycles. The molecule has 1 amide bonds. The molecule has 0 aliphatic heterocycles. The number of halogens is 1. The van der Waals surface area contributed by atoms with Crippen LogP contribution in [0.3, 0.4) is 0 Å². The predicted molar refractivity (Wildman–Crippen MR) is 101 cm³/mol. The molecule has 10 nitrogen and oxygen atoms in total. The second-order valence-electron chi connectivity index (χ2n) is 4.99. The third kappa shape index (κ3) is 5.93. The van der Waals surface area contributed by atoms with Crippen LogP contribution >= 0.6 is 23.4 Å². The number of carbonyl (C=O) groups is 1. The van der Waals surface area contributed by atoms with Gasteiger partial charge in [-0.3, -0.25) is 14.9 Å². The van der Waals surface area contributed by atoms with Gasteiger partial charge < -0.3 is 22.1 Å². The second-order valence-corrected chi connectivity index (χ2v) is 6.34. The Labute approximate surface area is 157 Å². The molecule has 0 aliphatic rings. The van der Waals surface area contributed by atoms with Crippen molar-refractivity contribution in [2.45, 2.75) is 5.16 Å². The number of amides is 1. The van der Waals surface area contributed by atoms with Gasteiger partial charge in [0.05, 0.1) is 21.4 Å².